The van der Waals surface area contributed by atoms with E-state index in [9.17, 15) is 14.4 Å². The molecule has 2 aromatic carbocycles. The molecule has 0 unspecified atom stereocenters. The van der Waals surface area contributed by atoms with Crippen LogP contribution in [0, 0.1) is 6.92 Å². The Bertz CT molecular complexity index is 1420. The van der Waals surface area contributed by atoms with E-state index in [-0.39, 0.29) is 5.13 Å². The van der Waals surface area contributed by atoms with Crippen molar-refractivity contribution >= 4 is 57.4 Å². The molecule has 0 bridgehead atoms. The van der Waals surface area contributed by atoms with Gasteiger partial charge >= 0.3 is 12.0 Å². The number of anilines is 3. The van der Waals surface area contributed by atoms with Gasteiger partial charge < -0.3 is 15.4 Å². The number of rotatable bonds is 6. The van der Waals surface area contributed by atoms with E-state index in [1.807, 2.05) is 0 Å². The Kier molecular flexibility index (Phi) is 7.09. The van der Waals surface area contributed by atoms with Gasteiger partial charge in [-0.25, -0.2) is 19.3 Å². The number of aromatic nitrogens is 3. The van der Waals surface area contributed by atoms with E-state index in [0.717, 1.165) is 11.3 Å². The summed E-state index contributed by atoms with van der Waals surface area (Å²) in [6, 6.07) is 13.2. The Balaban J connectivity index is 1.44. The molecule has 0 saturated heterocycles. The molecule has 35 heavy (non-hydrogen) atoms. The number of nitrogens with zero attached hydrogens (tertiary/aromatic N) is 3. The second-order valence-corrected chi connectivity index (χ2v) is 8.57. The second kappa shape index (κ2) is 10.4. The van der Waals surface area contributed by atoms with Crippen molar-refractivity contribution in [1.29, 1.82) is 0 Å². The Morgan fingerprint density at radius 2 is 1.86 bits per heavy atom. The number of ether oxygens (including phenoxy) is 1. The van der Waals surface area contributed by atoms with Crippen molar-refractivity contribution in [2.75, 3.05) is 23.1 Å². The molecule has 0 spiro atoms. The van der Waals surface area contributed by atoms with Crippen molar-refractivity contribution in [2.24, 2.45) is 0 Å². The van der Waals surface area contributed by atoms with Gasteiger partial charge in [-0.1, -0.05) is 41.1 Å². The van der Waals surface area contributed by atoms with Crippen molar-refractivity contribution in [2.45, 2.75) is 6.92 Å². The summed E-state index contributed by atoms with van der Waals surface area (Å²) in [4.78, 5) is 41.3. The molecular weight excluding hydrogens is 492 g/mol. The highest BCUT2D eigenvalue weighted by atomic mass is 35.5. The third-order valence-corrected chi connectivity index (χ3v) is 6.11. The van der Waals surface area contributed by atoms with Gasteiger partial charge in [-0.2, -0.15) is 5.10 Å². The van der Waals surface area contributed by atoms with Crippen LogP contribution in [0.15, 0.2) is 60.9 Å². The number of urea groups is 1. The summed E-state index contributed by atoms with van der Waals surface area (Å²) < 4.78 is 6.24. The van der Waals surface area contributed by atoms with Crippen molar-refractivity contribution in [3.63, 3.8) is 0 Å². The van der Waals surface area contributed by atoms with Crippen molar-refractivity contribution in [3.8, 4) is 5.69 Å². The summed E-state index contributed by atoms with van der Waals surface area (Å²) >= 11 is 7.10. The first-order chi connectivity index (χ1) is 16.8. The summed E-state index contributed by atoms with van der Waals surface area (Å²) in [6.07, 6.45) is 3.08. The van der Waals surface area contributed by atoms with Crippen LogP contribution in [0.4, 0.5) is 21.3 Å². The number of esters is 1. The maximum absolute atomic E-state index is 12.7. The van der Waals surface area contributed by atoms with E-state index in [1.165, 1.54) is 18.0 Å². The second-order valence-electron chi connectivity index (χ2n) is 7.16. The number of para-hydroxylation sites is 1. The monoisotopic (exact) mass is 510 g/mol. The maximum atomic E-state index is 12.7. The zero-order chi connectivity index (χ0) is 24.9. The number of carbonyl (C=O) groups excluding carboxylic acids is 3. The molecule has 2 heterocycles. The van der Waals surface area contributed by atoms with Gasteiger partial charge in [-0.15, -0.1) is 0 Å². The largest absolute Gasteiger partial charge is 0.465 e. The lowest BCUT2D eigenvalue weighted by atomic mass is 10.2. The first-order valence-electron chi connectivity index (χ1n) is 10.2. The topological polar surface area (TPSA) is 127 Å². The van der Waals surface area contributed by atoms with Crippen LogP contribution >= 0.6 is 22.9 Å². The lowest BCUT2D eigenvalue weighted by Crippen LogP contribution is -2.19. The zero-order valence-corrected chi connectivity index (χ0v) is 20.1. The minimum absolute atomic E-state index is 0.286. The number of benzene rings is 2. The van der Waals surface area contributed by atoms with E-state index < -0.39 is 17.9 Å². The highest BCUT2D eigenvalue weighted by Crippen LogP contribution is 2.24. The van der Waals surface area contributed by atoms with Gasteiger partial charge in [-0.05, 0) is 37.3 Å². The highest BCUT2D eigenvalue weighted by molar-refractivity contribution is 7.17. The van der Waals surface area contributed by atoms with Crippen molar-refractivity contribution < 1.29 is 19.1 Å². The SMILES string of the molecule is COC(=O)c1sc(NC(=O)c2cccc(-n3cc(NC(=O)Nc4ccccc4Cl)cn3)c2)nc1C. The minimum Gasteiger partial charge on any atom is -0.465 e. The predicted octanol–water partition coefficient (Wildman–Crippen LogP) is 4.97. The number of methoxy groups -OCH3 is 1. The summed E-state index contributed by atoms with van der Waals surface area (Å²) in [5.41, 5.74) is 2.35. The number of halogens is 1. The number of thiazole rings is 1. The molecule has 12 heteroatoms. The van der Waals surface area contributed by atoms with Crippen molar-refractivity contribution in [3.05, 3.63) is 82.1 Å². The molecule has 0 fully saturated rings. The third-order valence-electron chi connectivity index (χ3n) is 4.72. The first kappa shape index (κ1) is 23.9. The summed E-state index contributed by atoms with van der Waals surface area (Å²) in [5, 5.41) is 13.0. The third kappa shape index (κ3) is 5.65. The first-order valence-corrected chi connectivity index (χ1v) is 11.4. The number of hydrogen-bond acceptors (Lipinski definition) is 7. The molecule has 3 N–H and O–H groups in total. The van der Waals surface area contributed by atoms with Crippen LogP contribution in [0.25, 0.3) is 5.69 Å². The van der Waals surface area contributed by atoms with Gasteiger partial charge in [0.15, 0.2) is 5.13 Å². The molecule has 0 radical (unpaired) electrons. The van der Waals surface area contributed by atoms with E-state index in [0.29, 0.717) is 38.2 Å². The fourth-order valence-corrected chi connectivity index (χ4v) is 4.13. The molecule has 4 aromatic rings. The molecule has 10 nitrogen and oxygen atoms in total. The molecular formula is C23H19ClN6O4S. The summed E-state index contributed by atoms with van der Waals surface area (Å²) in [5.74, 6) is -0.909. The lowest BCUT2D eigenvalue weighted by Gasteiger charge is -2.07. The minimum atomic E-state index is -0.508. The highest BCUT2D eigenvalue weighted by Gasteiger charge is 2.18. The number of aryl methyl sites for hydroxylation is 1. The smallest absolute Gasteiger partial charge is 0.350 e. The van der Waals surface area contributed by atoms with Crippen LogP contribution in [-0.4, -0.2) is 39.8 Å². The standard InChI is InChI=1S/C23H19ClN6O4S/c1-13-19(21(32)34-2)35-23(26-13)29-20(31)14-6-5-7-16(10-14)30-12-15(11-25-30)27-22(33)28-18-9-4-3-8-17(18)24/h3-12H,1-2H3,(H,26,29,31)(H2,27,28,33). The Morgan fingerprint density at radius 3 is 2.63 bits per heavy atom. The summed E-state index contributed by atoms with van der Waals surface area (Å²) in [6.45, 7) is 1.66. The Labute approximate surface area is 208 Å². The van der Waals surface area contributed by atoms with Crippen LogP contribution in [0.1, 0.15) is 25.7 Å². The Morgan fingerprint density at radius 1 is 1.06 bits per heavy atom. The maximum Gasteiger partial charge on any atom is 0.350 e. The van der Waals surface area contributed by atoms with E-state index in [1.54, 1.807) is 61.7 Å². The molecule has 0 aliphatic heterocycles. The number of hydrogen-bond donors (Lipinski definition) is 3. The summed E-state index contributed by atoms with van der Waals surface area (Å²) in [7, 11) is 1.28. The van der Waals surface area contributed by atoms with Gasteiger partial charge in [0.25, 0.3) is 5.91 Å². The average Bonchev–Trinajstić information content (AvgIpc) is 3.46. The number of nitrogens with one attached hydrogen (secondary N) is 3. The van der Waals surface area contributed by atoms with Gasteiger partial charge in [0.05, 0.1) is 47.3 Å². The quantitative estimate of drug-likeness (QED) is 0.314. The molecule has 0 atom stereocenters. The van der Waals surface area contributed by atoms with Gasteiger partial charge in [0, 0.05) is 5.56 Å². The number of carbonyl (C=O) groups is 3. The van der Waals surface area contributed by atoms with Gasteiger partial charge in [0.2, 0.25) is 0 Å². The molecule has 0 saturated carbocycles. The molecule has 2 aromatic heterocycles. The van der Waals surface area contributed by atoms with Crippen LogP contribution in [-0.2, 0) is 4.74 Å². The molecule has 4 rings (SSSR count). The predicted molar refractivity (Wildman–Crippen MR) is 134 cm³/mol. The van der Waals surface area contributed by atoms with Crippen LogP contribution in [0.3, 0.4) is 0 Å². The fraction of sp³-hybridized carbons (Fsp3) is 0.0870. The average molecular weight is 511 g/mol. The van der Waals surface area contributed by atoms with E-state index in [4.69, 9.17) is 16.3 Å². The van der Waals surface area contributed by atoms with Crippen molar-refractivity contribution in [1.82, 2.24) is 14.8 Å². The molecule has 3 amide bonds. The van der Waals surface area contributed by atoms with E-state index in [2.05, 4.69) is 26.0 Å². The number of amides is 3. The van der Waals surface area contributed by atoms with Gasteiger partial charge in [0.1, 0.15) is 4.88 Å². The van der Waals surface area contributed by atoms with E-state index >= 15 is 0 Å². The molecule has 0 aliphatic carbocycles. The fourth-order valence-electron chi connectivity index (χ4n) is 3.07. The lowest BCUT2D eigenvalue weighted by molar-refractivity contribution is 0.0605. The molecule has 178 valence electrons. The Hall–Kier alpha value is -4.22. The van der Waals surface area contributed by atoms with Crippen LogP contribution < -0.4 is 16.0 Å². The normalized spacial score (nSPS) is 10.5. The van der Waals surface area contributed by atoms with Crippen LogP contribution in [0.5, 0.6) is 0 Å². The zero-order valence-electron chi connectivity index (χ0n) is 18.5. The molecule has 0 aliphatic rings. The van der Waals surface area contributed by atoms with Crippen LogP contribution in [0.2, 0.25) is 5.02 Å². The van der Waals surface area contributed by atoms with Gasteiger partial charge in [-0.3, -0.25) is 10.1 Å².